The molecule has 0 spiro atoms. The predicted octanol–water partition coefficient (Wildman–Crippen LogP) is 4.47. The number of anilines is 1. The van der Waals surface area contributed by atoms with Gasteiger partial charge < -0.3 is 23.9 Å². The van der Waals surface area contributed by atoms with Crippen molar-refractivity contribution in [3.05, 3.63) is 77.7 Å². The molecule has 0 aliphatic rings. The van der Waals surface area contributed by atoms with Crippen molar-refractivity contribution in [2.45, 2.75) is 13.8 Å². The SMILES string of the molecule is CCOc1ccc(OCCOC(=O)c2ccc(C)c(NC(=O)c3ccco3)c2)cc1. The van der Waals surface area contributed by atoms with Crippen molar-refractivity contribution < 1.29 is 28.2 Å². The fourth-order valence-corrected chi connectivity index (χ4v) is 2.65. The Hall–Kier alpha value is -3.74. The van der Waals surface area contributed by atoms with Crippen molar-refractivity contribution in [2.24, 2.45) is 0 Å². The topological polar surface area (TPSA) is 87.0 Å². The molecule has 7 heteroatoms. The van der Waals surface area contributed by atoms with E-state index in [1.54, 1.807) is 42.5 Å². The van der Waals surface area contributed by atoms with E-state index in [0.29, 0.717) is 23.6 Å². The second-order valence-corrected chi connectivity index (χ2v) is 6.35. The zero-order chi connectivity index (χ0) is 21.3. The first-order chi connectivity index (χ1) is 14.6. The molecular formula is C23H23NO6. The number of carbonyl (C=O) groups excluding carboxylic acids is 2. The van der Waals surface area contributed by atoms with Crippen molar-refractivity contribution in [3.63, 3.8) is 0 Å². The van der Waals surface area contributed by atoms with Crippen molar-refractivity contribution in [1.29, 1.82) is 0 Å². The normalized spacial score (nSPS) is 10.3. The molecule has 0 atom stereocenters. The number of nitrogens with one attached hydrogen (secondary N) is 1. The zero-order valence-corrected chi connectivity index (χ0v) is 16.8. The van der Waals surface area contributed by atoms with Gasteiger partial charge in [-0.1, -0.05) is 6.07 Å². The van der Waals surface area contributed by atoms with E-state index in [0.717, 1.165) is 11.3 Å². The third-order valence-electron chi connectivity index (χ3n) is 4.19. The molecule has 3 rings (SSSR count). The second kappa shape index (κ2) is 10.2. The fraction of sp³-hybridized carbons (Fsp3) is 0.217. The lowest BCUT2D eigenvalue weighted by Crippen LogP contribution is -2.15. The maximum absolute atomic E-state index is 12.3. The van der Waals surface area contributed by atoms with E-state index in [4.69, 9.17) is 18.6 Å². The number of carbonyl (C=O) groups is 2. The average molecular weight is 409 g/mol. The molecular weight excluding hydrogens is 386 g/mol. The molecule has 0 aliphatic heterocycles. The van der Waals surface area contributed by atoms with Gasteiger partial charge in [-0.2, -0.15) is 0 Å². The van der Waals surface area contributed by atoms with Crippen LogP contribution in [-0.4, -0.2) is 31.7 Å². The number of furan rings is 1. The summed E-state index contributed by atoms with van der Waals surface area (Å²) in [6.07, 6.45) is 1.42. The predicted molar refractivity (Wildman–Crippen MR) is 111 cm³/mol. The summed E-state index contributed by atoms with van der Waals surface area (Å²) in [5.74, 6) is 0.725. The standard InChI is InChI=1S/C23H23NO6/c1-3-27-18-8-10-19(11-9-18)28-13-14-30-23(26)17-7-6-16(2)20(15-17)24-22(25)21-5-4-12-29-21/h4-12,15H,3,13-14H2,1-2H3,(H,24,25). The number of aryl methyl sites for hydroxylation is 1. The molecule has 0 saturated carbocycles. The van der Waals surface area contributed by atoms with Crippen LogP contribution in [0.2, 0.25) is 0 Å². The lowest BCUT2D eigenvalue weighted by atomic mass is 10.1. The Morgan fingerprint density at radius 3 is 2.37 bits per heavy atom. The molecule has 0 saturated heterocycles. The first-order valence-corrected chi connectivity index (χ1v) is 9.55. The number of hydrogen-bond donors (Lipinski definition) is 1. The minimum Gasteiger partial charge on any atom is -0.494 e. The van der Waals surface area contributed by atoms with Crippen molar-refractivity contribution in [1.82, 2.24) is 0 Å². The summed E-state index contributed by atoms with van der Waals surface area (Å²) >= 11 is 0. The van der Waals surface area contributed by atoms with Crippen molar-refractivity contribution >= 4 is 17.6 Å². The van der Waals surface area contributed by atoms with Gasteiger partial charge in [-0.15, -0.1) is 0 Å². The number of amides is 1. The Labute approximate surface area is 174 Å². The molecule has 2 aromatic carbocycles. The van der Waals surface area contributed by atoms with Crippen LogP contribution in [0.1, 0.15) is 33.4 Å². The fourth-order valence-electron chi connectivity index (χ4n) is 2.65. The smallest absolute Gasteiger partial charge is 0.338 e. The Bertz CT molecular complexity index is 979. The van der Waals surface area contributed by atoms with E-state index in [2.05, 4.69) is 5.32 Å². The third kappa shape index (κ3) is 5.64. The summed E-state index contributed by atoms with van der Waals surface area (Å²) < 4.78 is 21.3. The van der Waals surface area contributed by atoms with Crippen LogP contribution < -0.4 is 14.8 Å². The second-order valence-electron chi connectivity index (χ2n) is 6.35. The summed E-state index contributed by atoms with van der Waals surface area (Å²) in [4.78, 5) is 24.5. The molecule has 0 radical (unpaired) electrons. The van der Waals surface area contributed by atoms with E-state index in [-0.39, 0.29) is 19.0 Å². The monoisotopic (exact) mass is 409 g/mol. The molecule has 0 bridgehead atoms. The van der Waals surface area contributed by atoms with Crippen LogP contribution in [0, 0.1) is 6.92 Å². The van der Waals surface area contributed by atoms with Gasteiger partial charge in [0, 0.05) is 5.69 Å². The Kier molecular flexibility index (Phi) is 7.10. The first kappa shape index (κ1) is 21.0. The number of rotatable bonds is 9. The highest BCUT2D eigenvalue weighted by Gasteiger charge is 2.14. The van der Waals surface area contributed by atoms with Gasteiger partial charge in [-0.3, -0.25) is 4.79 Å². The number of benzene rings is 2. The molecule has 1 N–H and O–H groups in total. The van der Waals surface area contributed by atoms with Crippen LogP contribution in [0.5, 0.6) is 11.5 Å². The molecule has 0 unspecified atom stereocenters. The van der Waals surface area contributed by atoms with Gasteiger partial charge in [0.1, 0.15) is 24.7 Å². The first-order valence-electron chi connectivity index (χ1n) is 9.55. The van der Waals surface area contributed by atoms with Gasteiger partial charge >= 0.3 is 5.97 Å². The Morgan fingerprint density at radius 1 is 0.967 bits per heavy atom. The summed E-state index contributed by atoms with van der Waals surface area (Å²) in [6, 6.07) is 15.4. The van der Waals surface area contributed by atoms with E-state index < -0.39 is 11.9 Å². The van der Waals surface area contributed by atoms with Gasteiger partial charge in [0.05, 0.1) is 18.4 Å². The van der Waals surface area contributed by atoms with Crippen LogP contribution in [0.25, 0.3) is 0 Å². The lowest BCUT2D eigenvalue weighted by molar-refractivity contribution is 0.0450. The van der Waals surface area contributed by atoms with Gasteiger partial charge in [0.15, 0.2) is 5.76 Å². The zero-order valence-electron chi connectivity index (χ0n) is 16.8. The maximum atomic E-state index is 12.3. The number of esters is 1. The maximum Gasteiger partial charge on any atom is 0.338 e. The van der Waals surface area contributed by atoms with Crippen molar-refractivity contribution in [2.75, 3.05) is 25.1 Å². The molecule has 156 valence electrons. The number of hydrogen-bond acceptors (Lipinski definition) is 6. The third-order valence-corrected chi connectivity index (χ3v) is 4.19. The molecule has 3 aromatic rings. The molecule has 0 fully saturated rings. The van der Waals surface area contributed by atoms with Crippen LogP contribution in [-0.2, 0) is 4.74 Å². The molecule has 1 heterocycles. The summed E-state index contributed by atoms with van der Waals surface area (Å²) in [6.45, 7) is 4.66. The van der Waals surface area contributed by atoms with E-state index in [1.165, 1.54) is 6.26 Å². The van der Waals surface area contributed by atoms with E-state index >= 15 is 0 Å². The molecule has 1 aromatic heterocycles. The van der Waals surface area contributed by atoms with E-state index in [9.17, 15) is 9.59 Å². The molecule has 30 heavy (non-hydrogen) atoms. The van der Waals surface area contributed by atoms with Crippen LogP contribution in [0.4, 0.5) is 5.69 Å². The largest absolute Gasteiger partial charge is 0.494 e. The molecule has 1 amide bonds. The summed E-state index contributed by atoms with van der Waals surface area (Å²) in [5.41, 5.74) is 1.65. The van der Waals surface area contributed by atoms with Gasteiger partial charge in [-0.25, -0.2) is 4.79 Å². The molecule has 7 nitrogen and oxygen atoms in total. The Morgan fingerprint density at radius 2 is 1.70 bits per heavy atom. The van der Waals surface area contributed by atoms with E-state index in [1.807, 2.05) is 26.0 Å². The average Bonchev–Trinajstić information content (AvgIpc) is 3.29. The minimum absolute atomic E-state index is 0.0913. The summed E-state index contributed by atoms with van der Waals surface area (Å²) in [5, 5.41) is 2.73. The number of ether oxygens (including phenoxy) is 3. The van der Waals surface area contributed by atoms with Crippen LogP contribution in [0.3, 0.4) is 0 Å². The van der Waals surface area contributed by atoms with Crippen LogP contribution in [0.15, 0.2) is 65.3 Å². The highest BCUT2D eigenvalue weighted by molar-refractivity contribution is 6.03. The lowest BCUT2D eigenvalue weighted by Gasteiger charge is -2.11. The minimum atomic E-state index is -0.501. The highest BCUT2D eigenvalue weighted by Crippen LogP contribution is 2.19. The highest BCUT2D eigenvalue weighted by atomic mass is 16.6. The van der Waals surface area contributed by atoms with Gasteiger partial charge in [0.25, 0.3) is 5.91 Å². The Balaban J connectivity index is 1.50. The van der Waals surface area contributed by atoms with Gasteiger partial charge in [0.2, 0.25) is 0 Å². The molecule has 0 aliphatic carbocycles. The van der Waals surface area contributed by atoms with Crippen molar-refractivity contribution in [3.8, 4) is 11.5 Å². The van der Waals surface area contributed by atoms with Gasteiger partial charge in [-0.05, 0) is 67.9 Å². The quantitative estimate of drug-likeness (QED) is 0.414. The summed E-state index contributed by atoms with van der Waals surface area (Å²) in [7, 11) is 0. The van der Waals surface area contributed by atoms with Crippen LogP contribution >= 0.6 is 0 Å².